The molecule has 1 unspecified atom stereocenters. The van der Waals surface area contributed by atoms with E-state index in [9.17, 15) is 4.79 Å². The third-order valence-electron chi connectivity index (χ3n) is 5.99. The molecule has 1 amide bonds. The van der Waals surface area contributed by atoms with Crippen LogP contribution in [0.25, 0.3) is 5.52 Å². The number of benzene rings is 1. The maximum atomic E-state index is 13.4. The van der Waals surface area contributed by atoms with E-state index < -0.39 is 0 Å². The van der Waals surface area contributed by atoms with Gasteiger partial charge in [-0.2, -0.15) is 0 Å². The van der Waals surface area contributed by atoms with Gasteiger partial charge in [0.15, 0.2) is 0 Å². The van der Waals surface area contributed by atoms with Gasteiger partial charge in [0.2, 0.25) is 5.95 Å². The Kier molecular flexibility index (Phi) is 6.22. The van der Waals surface area contributed by atoms with Crippen LogP contribution in [-0.2, 0) is 11.2 Å². The first-order valence-corrected chi connectivity index (χ1v) is 11.5. The van der Waals surface area contributed by atoms with E-state index in [1.165, 1.54) is 0 Å². The molecular weight excluding hydrogens is 428 g/mol. The molecule has 1 fully saturated rings. The molecule has 1 aliphatic rings. The SMILES string of the molecule is Cc1cc(C)nc(Nc2cccc(C(=O)N3CCOCC(Cc4nccn5cccc45)C3)c2)n1. The Balaban J connectivity index is 1.31. The number of aromatic nitrogens is 4. The fourth-order valence-electron chi connectivity index (χ4n) is 4.47. The molecule has 0 saturated carbocycles. The van der Waals surface area contributed by atoms with Crippen molar-refractivity contribution in [2.24, 2.45) is 5.92 Å². The molecule has 34 heavy (non-hydrogen) atoms. The number of ether oxygens (including phenoxy) is 1. The summed E-state index contributed by atoms with van der Waals surface area (Å²) in [4.78, 5) is 28.8. The minimum Gasteiger partial charge on any atom is -0.379 e. The van der Waals surface area contributed by atoms with Crippen LogP contribution in [-0.4, -0.2) is 56.5 Å². The van der Waals surface area contributed by atoms with Gasteiger partial charge in [0.05, 0.1) is 24.4 Å². The smallest absolute Gasteiger partial charge is 0.254 e. The minimum atomic E-state index is -0.00524. The third kappa shape index (κ3) is 4.92. The number of nitrogens with zero attached hydrogens (tertiary/aromatic N) is 5. The van der Waals surface area contributed by atoms with Gasteiger partial charge < -0.3 is 19.4 Å². The Bertz CT molecular complexity index is 1300. The molecule has 1 aromatic carbocycles. The second-order valence-electron chi connectivity index (χ2n) is 8.75. The summed E-state index contributed by atoms with van der Waals surface area (Å²) in [6, 6.07) is 13.5. The van der Waals surface area contributed by atoms with E-state index in [0.717, 1.165) is 34.7 Å². The molecule has 1 aliphatic heterocycles. The molecule has 0 aliphatic carbocycles. The quantitative estimate of drug-likeness (QED) is 0.492. The number of anilines is 2. The van der Waals surface area contributed by atoms with Crippen LogP contribution in [0.2, 0.25) is 0 Å². The molecule has 8 heteroatoms. The van der Waals surface area contributed by atoms with E-state index in [4.69, 9.17) is 4.74 Å². The van der Waals surface area contributed by atoms with Crippen LogP contribution in [0.3, 0.4) is 0 Å². The average molecular weight is 457 g/mol. The number of carbonyl (C=O) groups excluding carboxylic acids is 1. The molecule has 174 valence electrons. The van der Waals surface area contributed by atoms with Crippen LogP contribution in [0.4, 0.5) is 11.6 Å². The maximum Gasteiger partial charge on any atom is 0.254 e. The summed E-state index contributed by atoms with van der Waals surface area (Å²) in [6.07, 6.45) is 6.54. The summed E-state index contributed by atoms with van der Waals surface area (Å²) < 4.78 is 7.93. The predicted octanol–water partition coefficient (Wildman–Crippen LogP) is 3.82. The topological polar surface area (TPSA) is 84.7 Å². The standard InChI is InChI=1S/C26H28N6O2/c1-18-13-19(2)29-26(28-18)30-22-6-3-5-21(15-22)25(33)32-11-12-34-17-20(16-32)14-23-24-7-4-9-31(24)10-8-27-23/h3-10,13,15,20H,11-12,14,16-17H2,1-2H3,(H,28,29,30). The van der Waals surface area contributed by atoms with Crippen LogP contribution in [0.15, 0.2) is 61.1 Å². The van der Waals surface area contributed by atoms with Crippen molar-refractivity contribution in [3.05, 3.63) is 83.7 Å². The lowest BCUT2D eigenvalue weighted by atomic mass is 10.0. The van der Waals surface area contributed by atoms with Crippen LogP contribution in [0.1, 0.15) is 27.4 Å². The van der Waals surface area contributed by atoms with E-state index in [1.807, 2.05) is 73.7 Å². The van der Waals surface area contributed by atoms with Gasteiger partial charge in [-0.1, -0.05) is 6.07 Å². The summed E-state index contributed by atoms with van der Waals surface area (Å²) >= 11 is 0. The molecule has 0 radical (unpaired) electrons. The van der Waals surface area contributed by atoms with Crippen molar-refractivity contribution >= 4 is 23.1 Å². The van der Waals surface area contributed by atoms with Crippen molar-refractivity contribution in [3.8, 4) is 0 Å². The highest BCUT2D eigenvalue weighted by Gasteiger charge is 2.25. The molecule has 0 bridgehead atoms. The summed E-state index contributed by atoms with van der Waals surface area (Å²) in [5.74, 6) is 0.691. The lowest BCUT2D eigenvalue weighted by Gasteiger charge is -2.24. The number of rotatable bonds is 5. The molecule has 0 spiro atoms. The number of nitrogens with one attached hydrogen (secondary N) is 1. The van der Waals surface area contributed by atoms with Crippen LogP contribution in [0, 0.1) is 19.8 Å². The molecule has 1 N–H and O–H groups in total. The monoisotopic (exact) mass is 456 g/mol. The van der Waals surface area contributed by atoms with E-state index >= 15 is 0 Å². The van der Waals surface area contributed by atoms with Crippen molar-refractivity contribution in [2.75, 3.05) is 31.6 Å². The van der Waals surface area contributed by atoms with Crippen LogP contribution in [0.5, 0.6) is 0 Å². The number of amides is 1. The van der Waals surface area contributed by atoms with E-state index in [2.05, 4.69) is 30.7 Å². The minimum absolute atomic E-state index is 0.00524. The number of aryl methyl sites for hydroxylation is 2. The average Bonchev–Trinajstić information content (AvgIpc) is 3.18. The Morgan fingerprint density at radius 2 is 1.97 bits per heavy atom. The number of hydrogen-bond acceptors (Lipinski definition) is 6. The maximum absolute atomic E-state index is 13.4. The summed E-state index contributed by atoms with van der Waals surface area (Å²) in [5, 5.41) is 3.22. The first-order valence-electron chi connectivity index (χ1n) is 11.5. The highest BCUT2D eigenvalue weighted by Crippen LogP contribution is 2.20. The molecule has 1 atom stereocenters. The molecule has 4 heterocycles. The molecule has 8 nitrogen and oxygen atoms in total. The van der Waals surface area contributed by atoms with Gasteiger partial charge in [0.25, 0.3) is 5.91 Å². The van der Waals surface area contributed by atoms with Gasteiger partial charge in [0.1, 0.15) is 0 Å². The van der Waals surface area contributed by atoms with E-state index in [-0.39, 0.29) is 11.8 Å². The van der Waals surface area contributed by atoms with Crippen molar-refractivity contribution in [2.45, 2.75) is 20.3 Å². The zero-order chi connectivity index (χ0) is 23.5. The van der Waals surface area contributed by atoms with Crippen LogP contribution >= 0.6 is 0 Å². The van der Waals surface area contributed by atoms with E-state index in [0.29, 0.717) is 37.8 Å². The number of fused-ring (bicyclic) bond motifs is 1. The molecule has 4 aromatic rings. The highest BCUT2D eigenvalue weighted by molar-refractivity contribution is 5.95. The first-order chi connectivity index (χ1) is 16.5. The second-order valence-corrected chi connectivity index (χ2v) is 8.75. The zero-order valence-corrected chi connectivity index (χ0v) is 19.4. The molecule has 3 aromatic heterocycles. The molecule has 5 rings (SSSR count). The Morgan fingerprint density at radius 1 is 1.12 bits per heavy atom. The predicted molar refractivity (Wildman–Crippen MR) is 130 cm³/mol. The highest BCUT2D eigenvalue weighted by atomic mass is 16.5. The normalized spacial score (nSPS) is 16.4. The van der Waals surface area contributed by atoms with Gasteiger partial charge >= 0.3 is 0 Å². The first kappa shape index (κ1) is 22.0. The number of hydrogen-bond donors (Lipinski definition) is 1. The van der Waals surface area contributed by atoms with Crippen molar-refractivity contribution in [1.29, 1.82) is 0 Å². The Morgan fingerprint density at radius 3 is 2.82 bits per heavy atom. The van der Waals surface area contributed by atoms with Gasteiger partial charge in [-0.15, -0.1) is 0 Å². The van der Waals surface area contributed by atoms with Crippen LogP contribution < -0.4 is 5.32 Å². The Labute approximate surface area is 198 Å². The second kappa shape index (κ2) is 9.61. The summed E-state index contributed by atoms with van der Waals surface area (Å²) in [6.45, 7) is 6.20. The summed E-state index contributed by atoms with van der Waals surface area (Å²) in [5.41, 5.74) is 5.31. The summed E-state index contributed by atoms with van der Waals surface area (Å²) in [7, 11) is 0. The van der Waals surface area contributed by atoms with Gasteiger partial charge in [-0.3, -0.25) is 9.78 Å². The Hall–Kier alpha value is -3.78. The van der Waals surface area contributed by atoms with Crippen molar-refractivity contribution in [1.82, 2.24) is 24.3 Å². The van der Waals surface area contributed by atoms with E-state index in [1.54, 1.807) is 0 Å². The van der Waals surface area contributed by atoms with Crippen molar-refractivity contribution < 1.29 is 9.53 Å². The van der Waals surface area contributed by atoms with Crippen molar-refractivity contribution in [3.63, 3.8) is 0 Å². The molecule has 1 saturated heterocycles. The number of carbonyl (C=O) groups is 1. The zero-order valence-electron chi connectivity index (χ0n) is 19.4. The lowest BCUT2D eigenvalue weighted by Crippen LogP contribution is -2.36. The van der Waals surface area contributed by atoms with Gasteiger partial charge in [-0.25, -0.2) is 9.97 Å². The fraction of sp³-hybridized carbons (Fsp3) is 0.308. The largest absolute Gasteiger partial charge is 0.379 e. The fourth-order valence-corrected chi connectivity index (χ4v) is 4.47. The van der Waals surface area contributed by atoms with Gasteiger partial charge in [0, 0.05) is 60.2 Å². The lowest BCUT2D eigenvalue weighted by molar-refractivity contribution is 0.0737. The van der Waals surface area contributed by atoms with Gasteiger partial charge in [-0.05, 0) is 56.7 Å². The third-order valence-corrected chi connectivity index (χ3v) is 5.99. The molecular formula is C26H28N6O2.